The summed E-state index contributed by atoms with van der Waals surface area (Å²) in [5.74, 6) is 0.286. The zero-order valence-electron chi connectivity index (χ0n) is 14.0. The van der Waals surface area contributed by atoms with Gasteiger partial charge in [0.05, 0.1) is 33.5 Å². The van der Waals surface area contributed by atoms with E-state index in [1.54, 1.807) is 31.2 Å². The summed E-state index contributed by atoms with van der Waals surface area (Å²) in [7, 11) is 0. The summed E-state index contributed by atoms with van der Waals surface area (Å²) in [6.07, 6.45) is 1.44. The van der Waals surface area contributed by atoms with Crippen molar-refractivity contribution in [2.24, 2.45) is 5.10 Å². The molecular formula is C18H12ClN3O5. The van der Waals surface area contributed by atoms with E-state index in [0.717, 1.165) is 0 Å². The molecular weight excluding hydrogens is 374 g/mol. The highest BCUT2D eigenvalue weighted by Crippen LogP contribution is 2.39. The molecule has 2 aromatic carbocycles. The molecule has 0 fully saturated rings. The van der Waals surface area contributed by atoms with E-state index < -0.39 is 10.8 Å². The zero-order valence-corrected chi connectivity index (χ0v) is 14.8. The van der Waals surface area contributed by atoms with Gasteiger partial charge in [-0.15, -0.1) is 0 Å². The first kappa shape index (κ1) is 17.0. The van der Waals surface area contributed by atoms with Gasteiger partial charge in [0.25, 0.3) is 11.6 Å². The van der Waals surface area contributed by atoms with Crippen LogP contribution in [0.15, 0.2) is 47.1 Å². The average Bonchev–Trinajstić information content (AvgIpc) is 3.20. The van der Waals surface area contributed by atoms with Gasteiger partial charge >= 0.3 is 0 Å². The number of fused-ring (bicyclic) bond motifs is 1. The van der Waals surface area contributed by atoms with Crippen LogP contribution in [0.3, 0.4) is 0 Å². The third kappa shape index (κ3) is 3.00. The highest BCUT2D eigenvalue weighted by Gasteiger charge is 2.30. The third-order valence-corrected chi connectivity index (χ3v) is 4.37. The predicted molar refractivity (Wildman–Crippen MR) is 99.2 cm³/mol. The van der Waals surface area contributed by atoms with Crippen LogP contribution in [-0.2, 0) is 4.79 Å². The molecule has 136 valence electrons. The van der Waals surface area contributed by atoms with Crippen LogP contribution in [0.2, 0.25) is 5.02 Å². The molecule has 2 aliphatic heterocycles. The molecule has 0 unspecified atom stereocenters. The minimum atomic E-state index is -0.533. The van der Waals surface area contributed by atoms with E-state index in [1.807, 2.05) is 0 Å². The predicted octanol–water partition coefficient (Wildman–Crippen LogP) is 3.78. The molecule has 0 N–H and O–H groups in total. The topological polar surface area (TPSA) is 94.3 Å². The Morgan fingerprint density at radius 2 is 2.00 bits per heavy atom. The van der Waals surface area contributed by atoms with E-state index in [1.165, 1.54) is 23.2 Å². The van der Waals surface area contributed by atoms with Crippen LogP contribution in [0.5, 0.6) is 11.5 Å². The lowest BCUT2D eigenvalue weighted by Crippen LogP contribution is -2.21. The minimum absolute atomic E-state index is 0.00548. The molecule has 0 atom stereocenters. The number of nitrogens with zero attached hydrogens (tertiary/aromatic N) is 3. The normalized spacial score (nSPS) is 16.8. The quantitative estimate of drug-likeness (QED) is 0.455. The third-order valence-electron chi connectivity index (χ3n) is 4.13. The Bertz CT molecular complexity index is 1050. The number of hydrogen-bond acceptors (Lipinski definition) is 6. The van der Waals surface area contributed by atoms with Crippen LogP contribution in [0.4, 0.5) is 11.4 Å². The van der Waals surface area contributed by atoms with Crippen molar-refractivity contribution < 1.29 is 19.2 Å². The van der Waals surface area contributed by atoms with Gasteiger partial charge in [-0.1, -0.05) is 17.7 Å². The smallest absolute Gasteiger partial charge is 0.280 e. The van der Waals surface area contributed by atoms with E-state index in [9.17, 15) is 14.9 Å². The first-order valence-corrected chi connectivity index (χ1v) is 8.27. The standard InChI is InChI=1S/C18H12ClN3O5/c1-10-14(18(23)21(20-10)13-4-2-3-12(19)7-13)5-11-6-16-17(27-9-26-16)8-15(11)22(24)25/h2-8H,9H2,1H3/b14-5-. The number of hydrogen-bond donors (Lipinski definition) is 0. The first-order valence-electron chi connectivity index (χ1n) is 7.89. The van der Waals surface area contributed by atoms with Gasteiger partial charge in [-0.2, -0.15) is 10.1 Å². The molecule has 0 radical (unpaired) electrons. The van der Waals surface area contributed by atoms with Gasteiger partial charge in [0, 0.05) is 5.02 Å². The van der Waals surface area contributed by atoms with Crippen molar-refractivity contribution in [3.63, 3.8) is 0 Å². The number of benzene rings is 2. The molecule has 2 aliphatic rings. The molecule has 0 aliphatic carbocycles. The highest BCUT2D eigenvalue weighted by atomic mass is 35.5. The monoisotopic (exact) mass is 385 g/mol. The number of carbonyl (C=O) groups excluding carboxylic acids is 1. The van der Waals surface area contributed by atoms with Crippen molar-refractivity contribution in [1.29, 1.82) is 0 Å². The number of amides is 1. The van der Waals surface area contributed by atoms with Gasteiger partial charge in [0.1, 0.15) is 0 Å². The number of rotatable bonds is 3. The van der Waals surface area contributed by atoms with E-state index in [2.05, 4.69) is 5.10 Å². The first-order chi connectivity index (χ1) is 12.9. The highest BCUT2D eigenvalue weighted by molar-refractivity contribution is 6.33. The lowest BCUT2D eigenvalue weighted by atomic mass is 10.0. The molecule has 0 spiro atoms. The average molecular weight is 386 g/mol. The fraction of sp³-hybridized carbons (Fsp3) is 0.111. The van der Waals surface area contributed by atoms with Crippen molar-refractivity contribution in [3.05, 3.63) is 62.7 Å². The summed E-state index contributed by atoms with van der Waals surface area (Å²) < 4.78 is 10.5. The number of nitro benzene ring substituents is 1. The van der Waals surface area contributed by atoms with Gasteiger partial charge in [-0.25, -0.2) is 0 Å². The van der Waals surface area contributed by atoms with Crippen molar-refractivity contribution in [2.75, 3.05) is 11.8 Å². The van der Waals surface area contributed by atoms with Crippen LogP contribution in [0, 0.1) is 10.1 Å². The Morgan fingerprint density at radius 3 is 2.70 bits per heavy atom. The van der Waals surface area contributed by atoms with Gasteiger partial charge in [-0.3, -0.25) is 14.9 Å². The number of ether oxygens (including phenoxy) is 2. The van der Waals surface area contributed by atoms with Gasteiger partial charge in [0.15, 0.2) is 11.5 Å². The number of carbonyl (C=O) groups is 1. The summed E-state index contributed by atoms with van der Waals surface area (Å²) in [5, 5.41) is 17.4. The molecule has 0 saturated carbocycles. The summed E-state index contributed by atoms with van der Waals surface area (Å²) in [4.78, 5) is 23.7. The molecule has 27 heavy (non-hydrogen) atoms. The van der Waals surface area contributed by atoms with Gasteiger partial charge < -0.3 is 9.47 Å². The molecule has 8 nitrogen and oxygen atoms in total. The number of anilines is 1. The second kappa shape index (κ2) is 6.40. The lowest BCUT2D eigenvalue weighted by Gasteiger charge is -2.11. The Kier molecular flexibility index (Phi) is 4.04. The molecule has 9 heteroatoms. The second-order valence-corrected chi connectivity index (χ2v) is 6.30. The van der Waals surface area contributed by atoms with Crippen LogP contribution in [0.25, 0.3) is 6.08 Å². The number of hydrazone groups is 1. The molecule has 2 aromatic rings. The number of nitro groups is 1. The summed E-state index contributed by atoms with van der Waals surface area (Å²) in [6.45, 7) is 1.65. The van der Waals surface area contributed by atoms with Crippen molar-refractivity contribution in [3.8, 4) is 11.5 Å². The fourth-order valence-corrected chi connectivity index (χ4v) is 3.03. The maximum atomic E-state index is 12.8. The van der Waals surface area contributed by atoms with Crippen molar-refractivity contribution in [2.45, 2.75) is 6.92 Å². The second-order valence-electron chi connectivity index (χ2n) is 5.86. The minimum Gasteiger partial charge on any atom is -0.454 e. The van der Waals surface area contributed by atoms with Gasteiger partial charge in [0.2, 0.25) is 6.79 Å². The lowest BCUT2D eigenvalue weighted by molar-refractivity contribution is -0.385. The molecule has 0 saturated heterocycles. The molecule has 0 bridgehead atoms. The van der Waals surface area contributed by atoms with E-state index in [0.29, 0.717) is 27.9 Å². The molecule has 1 amide bonds. The molecule has 4 rings (SSSR count). The Hall–Kier alpha value is -3.39. The SMILES string of the molecule is CC1=NN(c2cccc(Cl)c2)C(=O)/C1=C\c1cc2c(cc1[N+](=O)[O-])OCO2. The van der Waals surface area contributed by atoms with E-state index in [-0.39, 0.29) is 23.6 Å². The Labute approximate surface area is 158 Å². The zero-order chi connectivity index (χ0) is 19.1. The van der Waals surface area contributed by atoms with Crippen LogP contribution in [0.1, 0.15) is 12.5 Å². The maximum Gasteiger partial charge on any atom is 0.280 e. The van der Waals surface area contributed by atoms with Crippen LogP contribution >= 0.6 is 11.6 Å². The van der Waals surface area contributed by atoms with Crippen LogP contribution in [-0.4, -0.2) is 23.3 Å². The summed E-state index contributed by atoms with van der Waals surface area (Å²) in [6, 6.07) is 9.48. The number of halogens is 1. The van der Waals surface area contributed by atoms with Crippen molar-refractivity contribution in [1.82, 2.24) is 0 Å². The maximum absolute atomic E-state index is 12.8. The summed E-state index contributed by atoms with van der Waals surface area (Å²) in [5.41, 5.74) is 1.24. The van der Waals surface area contributed by atoms with Crippen molar-refractivity contribution >= 4 is 40.7 Å². The van der Waals surface area contributed by atoms with Crippen LogP contribution < -0.4 is 14.5 Å². The molecule has 0 aromatic heterocycles. The van der Waals surface area contributed by atoms with E-state index in [4.69, 9.17) is 21.1 Å². The van der Waals surface area contributed by atoms with Gasteiger partial charge in [-0.05, 0) is 37.3 Å². The summed E-state index contributed by atoms with van der Waals surface area (Å²) >= 11 is 5.98. The van der Waals surface area contributed by atoms with E-state index >= 15 is 0 Å². The fourth-order valence-electron chi connectivity index (χ4n) is 2.84. The largest absolute Gasteiger partial charge is 0.454 e. The Morgan fingerprint density at radius 1 is 1.26 bits per heavy atom. The molecule has 2 heterocycles. The Balaban J connectivity index is 1.76.